The Kier molecular flexibility index (Phi) is 3.96. The molecule has 0 spiro atoms. The molecule has 0 radical (unpaired) electrons. The van der Waals surface area contributed by atoms with E-state index in [0.717, 1.165) is 25.7 Å². The first-order chi connectivity index (χ1) is 8.93. The molecule has 0 bridgehead atoms. The second-order valence-electron chi connectivity index (χ2n) is 4.87. The summed E-state index contributed by atoms with van der Waals surface area (Å²) in [5, 5.41) is 8.83. The van der Waals surface area contributed by atoms with Crippen LogP contribution >= 0.6 is 0 Å². The highest BCUT2D eigenvalue weighted by Crippen LogP contribution is 2.24. The number of hydrogen-bond donors (Lipinski definition) is 2. The highest BCUT2D eigenvalue weighted by molar-refractivity contribution is 7.89. The van der Waals surface area contributed by atoms with Crippen LogP contribution in [0.25, 0.3) is 0 Å². The van der Waals surface area contributed by atoms with E-state index in [1.165, 1.54) is 16.6 Å². The fourth-order valence-electron chi connectivity index (χ4n) is 2.39. The van der Waals surface area contributed by atoms with Crippen molar-refractivity contribution in [3.05, 3.63) is 18.0 Å². The van der Waals surface area contributed by atoms with Crippen molar-refractivity contribution in [1.82, 2.24) is 9.29 Å². The highest BCUT2D eigenvalue weighted by atomic mass is 32.2. The van der Waals surface area contributed by atoms with Crippen LogP contribution in [0.1, 0.15) is 43.1 Å². The van der Waals surface area contributed by atoms with Crippen LogP contribution in [0.5, 0.6) is 0 Å². The van der Waals surface area contributed by atoms with E-state index >= 15 is 0 Å². The summed E-state index contributed by atoms with van der Waals surface area (Å²) in [5.74, 6) is -1.16. The number of aromatic nitrogens is 1. The van der Waals surface area contributed by atoms with Crippen molar-refractivity contribution in [2.24, 2.45) is 0 Å². The molecule has 1 aliphatic rings. The topological polar surface area (TPSA) is 90.5 Å². The van der Waals surface area contributed by atoms with E-state index in [0.29, 0.717) is 6.54 Å². The van der Waals surface area contributed by atoms with E-state index in [9.17, 15) is 13.2 Å². The molecule has 6 nitrogen and oxygen atoms in total. The molecule has 1 unspecified atom stereocenters. The first-order valence-electron chi connectivity index (χ1n) is 6.36. The number of aromatic carboxylic acids is 1. The van der Waals surface area contributed by atoms with E-state index in [4.69, 9.17) is 5.11 Å². The smallest absolute Gasteiger partial charge is 0.352 e. The number of H-pyrrole nitrogens is 1. The number of carbonyl (C=O) groups is 1. The van der Waals surface area contributed by atoms with Crippen molar-refractivity contribution in [2.75, 3.05) is 6.54 Å². The van der Waals surface area contributed by atoms with Gasteiger partial charge in [0, 0.05) is 18.8 Å². The van der Waals surface area contributed by atoms with Gasteiger partial charge in [-0.2, -0.15) is 4.31 Å². The van der Waals surface area contributed by atoms with E-state index in [-0.39, 0.29) is 16.6 Å². The van der Waals surface area contributed by atoms with Crippen LogP contribution < -0.4 is 0 Å². The normalized spacial score (nSPS) is 22.1. The predicted molar refractivity (Wildman–Crippen MR) is 69.6 cm³/mol. The summed E-state index contributed by atoms with van der Waals surface area (Å²) in [7, 11) is -3.61. The Morgan fingerprint density at radius 3 is 2.79 bits per heavy atom. The van der Waals surface area contributed by atoms with Gasteiger partial charge in [-0.05, 0) is 25.8 Å². The Hall–Kier alpha value is -1.34. The molecule has 1 aromatic heterocycles. The number of nitrogens with zero attached hydrogens (tertiary/aromatic N) is 1. The second kappa shape index (κ2) is 5.34. The third kappa shape index (κ3) is 2.82. The average Bonchev–Trinajstić information content (AvgIpc) is 2.74. The molecule has 0 aromatic carbocycles. The van der Waals surface area contributed by atoms with Crippen LogP contribution in [0.15, 0.2) is 17.2 Å². The van der Waals surface area contributed by atoms with Gasteiger partial charge in [0.2, 0.25) is 10.0 Å². The van der Waals surface area contributed by atoms with Gasteiger partial charge < -0.3 is 10.1 Å². The maximum absolute atomic E-state index is 12.5. The van der Waals surface area contributed by atoms with Crippen molar-refractivity contribution in [1.29, 1.82) is 0 Å². The molecule has 106 valence electrons. The SMILES string of the molecule is CC1CCCCCN1S(=O)(=O)c1c[nH]c(C(=O)O)c1. The number of nitrogens with one attached hydrogen (secondary N) is 1. The lowest BCUT2D eigenvalue weighted by molar-refractivity contribution is 0.0691. The zero-order chi connectivity index (χ0) is 14.0. The number of hydrogen-bond acceptors (Lipinski definition) is 3. The summed E-state index contributed by atoms with van der Waals surface area (Å²) in [6.45, 7) is 2.39. The molecular weight excluding hydrogens is 268 g/mol. The lowest BCUT2D eigenvalue weighted by Crippen LogP contribution is -2.38. The van der Waals surface area contributed by atoms with Gasteiger partial charge >= 0.3 is 5.97 Å². The number of carboxylic acid groups (broad SMARTS) is 1. The van der Waals surface area contributed by atoms with Crippen molar-refractivity contribution in [3.8, 4) is 0 Å². The third-order valence-electron chi connectivity index (χ3n) is 3.49. The average molecular weight is 286 g/mol. The second-order valence-corrected chi connectivity index (χ2v) is 6.76. The Morgan fingerprint density at radius 1 is 1.42 bits per heavy atom. The minimum absolute atomic E-state index is 0.0265. The van der Waals surface area contributed by atoms with E-state index in [2.05, 4.69) is 4.98 Å². The summed E-state index contributed by atoms with van der Waals surface area (Å²) < 4.78 is 26.5. The Labute approximate surface area is 112 Å². The molecule has 2 N–H and O–H groups in total. The van der Waals surface area contributed by atoms with Gasteiger partial charge in [0.1, 0.15) is 10.6 Å². The standard InChI is InChI=1S/C12H18N2O4S/c1-9-5-3-2-4-6-14(9)19(17,18)10-7-11(12(15)16)13-8-10/h7-9,13H,2-6H2,1H3,(H,15,16). The number of sulfonamides is 1. The van der Waals surface area contributed by atoms with Crippen LogP contribution in [-0.2, 0) is 10.0 Å². The summed E-state index contributed by atoms with van der Waals surface area (Å²) >= 11 is 0. The minimum atomic E-state index is -3.61. The van der Waals surface area contributed by atoms with E-state index in [1.54, 1.807) is 0 Å². The van der Waals surface area contributed by atoms with Crippen LogP contribution in [0.3, 0.4) is 0 Å². The quantitative estimate of drug-likeness (QED) is 0.884. The van der Waals surface area contributed by atoms with Crippen LogP contribution in [0, 0.1) is 0 Å². The maximum Gasteiger partial charge on any atom is 0.352 e. The Morgan fingerprint density at radius 2 is 2.16 bits per heavy atom. The van der Waals surface area contributed by atoms with Gasteiger partial charge in [-0.15, -0.1) is 0 Å². The maximum atomic E-state index is 12.5. The zero-order valence-electron chi connectivity index (χ0n) is 10.8. The predicted octanol–water partition coefficient (Wildman–Crippen LogP) is 1.67. The number of aromatic amines is 1. The molecule has 2 heterocycles. The van der Waals surface area contributed by atoms with Gasteiger partial charge in [-0.1, -0.05) is 12.8 Å². The van der Waals surface area contributed by atoms with Crippen molar-refractivity contribution in [3.63, 3.8) is 0 Å². The lowest BCUT2D eigenvalue weighted by atomic mass is 10.1. The Bertz CT molecular complexity index is 564. The lowest BCUT2D eigenvalue weighted by Gasteiger charge is -2.25. The van der Waals surface area contributed by atoms with Gasteiger partial charge in [0.05, 0.1) is 0 Å². The summed E-state index contributed by atoms with van der Waals surface area (Å²) in [6, 6.07) is 1.13. The Balaban J connectivity index is 2.31. The molecule has 19 heavy (non-hydrogen) atoms. The monoisotopic (exact) mass is 286 g/mol. The fourth-order valence-corrected chi connectivity index (χ4v) is 4.08. The van der Waals surface area contributed by atoms with Gasteiger partial charge in [-0.3, -0.25) is 0 Å². The largest absolute Gasteiger partial charge is 0.477 e. The van der Waals surface area contributed by atoms with Crippen LogP contribution in [0.4, 0.5) is 0 Å². The molecule has 1 aliphatic heterocycles. The first kappa shape index (κ1) is 14.1. The molecule has 0 aliphatic carbocycles. The molecule has 0 amide bonds. The van der Waals surface area contributed by atoms with Crippen LogP contribution in [0.2, 0.25) is 0 Å². The van der Waals surface area contributed by atoms with E-state index < -0.39 is 16.0 Å². The molecule has 1 aromatic rings. The molecule has 0 saturated carbocycles. The third-order valence-corrected chi connectivity index (χ3v) is 5.48. The first-order valence-corrected chi connectivity index (χ1v) is 7.80. The van der Waals surface area contributed by atoms with Crippen molar-refractivity contribution >= 4 is 16.0 Å². The van der Waals surface area contributed by atoms with Gasteiger partial charge in [-0.25, -0.2) is 13.2 Å². The molecule has 1 atom stereocenters. The molecule has 1 saturated heterocycles. The van der Waals surface area contributed by atoms with Gasteiger partial charge in [0.25, 0.3) is 0 Å². The van der Waals surface area contributed by atoms with Crippen molar-refractivity contribution in [2.45, 2.75) is 43.5 Å². The minimum Gasteiger partial charge on any atom is -0.477 e. The summed E-state index contributed by atoms with van der Waals surface area (Å²) in [6.07, 6.45) is 5.00. The number of carboxylic acids is 1. The fraction of sp³-hybridized carbons (Fsp3) is 0.583. The number of rotatable bonds is 3. The molecule has 2 rings (SSSR count). The molecule has 1 fully saturated rings. The summed E-state index contributed by atoms with van der Waals surface area (Å²) in [4.78, 5) is 13.3. The van der Waals surface area contributed by atoms with E-state index in [1.807, 2.05) is 6.92 Å². The zero-order valence-corrected chi connectivity index (χ0v) is 11.6. The van der Waals surface area contributed by atoms with Crippen LogP contribution in [-0.4, -0.2) is 41.4 Å². The molecular formula is C12H18N2O4S. The van der Waals surface area contributed by atoms with Crippen molar-refractivity contribution < 1.29 is 18.3 Å². The summed E-state index contributed by atoms with van der Waals surface area (Å²) in [5.41, 5.74) is -0.110. The molecule has 7 heteroatoms. The van der Waals surface area contributed by atoms with Gasteiger partial charge in [0.15, 0.2) is 0 Å². The highest BCUT2D eigenvalue weighted by Gasteiger charge is 2.31.